The van der Waals surface area contributed by atoms with E-state index in [9.17, 15) is 9.59 Å². The van der Waals surface area contributed by atoms with E-state index in [-0.39, 0.29) is 17.9 Å². The fraction of sp³-hybridized carbons (Fsp3) is 0.650. The maximum Gasteiger partial charge on any atom is 0.257 e. The summed E-state index contributed by atoms with van der Waals surface area (Å²) in [6, 6.07) is 3.88. The van der Waals surface area contributed by atoms with Gasteiger partial charge in [0.15, 0.2) is 0 Å². The second-order valence-electron chi connectivity index (χ2n) is 7.73. The second-order valence-corrected chi connectivity index (χ2v) is 7.73. The van der Waals surface area contributed by atoms with Crippen LogP contribution in [0.1, 0.15) is 42.5 Å². The van der Waals surface area contributed by atoms with Crippen LogP contribution < -0.4 is 10.2 Å². The number of aromatic nitrogens is 1. The third kappa shape index (κ3) is 3.93. The normalized spacial score (nSPS) is 24.2. The van der Waals surface area contributed by atoms with Gasteiger partial charge in [0.25, 0.3) is 5.91 Å². The molecule has 0 aromatic carbocycles. The Kier molecular flexibility index (Phi) is 5.57. The molecule has 1 aromatic rings. The van der Waals surface area contributed by atoms with Gasteiger partial charge in [-0.3, -0.25) is 9.59 Å². The van der Waals surface area contributed by atoms with Gasteiger partial charge >= 0.3 is 0 Å². The van der Waals surface area contributed by atoms with E-state index in [2.05, 4.69) is 15.2 Å². The van der Waals surface area contributed by atoms with Crippen LogP contribution >= 0.6 is 0 Å². The van der Waals surface area contributed by atoms with Gasteiger partial charge in [-0.15, -0.1) is 0 Å². The Balaban J connectivity index is 1.50. The van der Waals surface area contributed by atoms with E-state index in [4.69, 9.17) is 0 Å². The van der Waals surface area contributed by atoms with Crippen molar-refractivity contribution in [3.63, 3.8) is 0 Å². The molecule has 0 saturated carbocycles. The molecule has 0 aliphatic carbocycles. The van der Waals surface area contributed by atoms with Gasteiger partial charge in [0, 0.05) is 51.5 Å². The highest BCUT2D eigenvalue weighted by atomic mass is 16.2. The maximum absolute atomic E-state index is 13.3. The molecule has 0 bridgehead atoms. The molecule has 146 valence electrons. The molecule has 0 radical (unpaired) electrons. The maximum atomic E-state index is 13.3. The molecule has 27 heavy (non-hydrogen) atoms. The smallest absolute Gasteiger partial charge is 0.257 e. The number of anilines is 1. The average molecular weight is 371 g/mol. The molecule has 7 heteroatoms. The van der Waals surface area contributed by atoms with Gasteiger partial charge < -0.3 is 20.0 Å². The molecular formula is C20H29N5O2. The van der Waals surface area contributed by atoms with Crippen molar-refractivity contribution in [1.82, 2.24) is 20.1 Å². The molecule has 3 saturated heterocycles. The Morgan fingerprint density at radius 3 is 2.78 bits per heavy atom. The average Bonchev–Trinajstić information content (AvgIpc) is 2.74. The van der Waals surface area contributed by atoms with Crippen molar-refractivity contribution in [3.05, 3.63) is 23.9 Å². The van der Waals surface area contributed by atoms with E-state index in [1.807, 2.05) is 21.9 Å². The highest BCUT2D eigenvalue weighted by molar-refractivity contribution is 5.99. The summed E-state index contributed by atoms with van der Waals surface area (Å²) in [4.78, 5) is 36.2. The fourth-order valence-electron chi connectivity index (χ4n) is 4.49. The highest BCUT2D eigenvalue weighted by Crippen LogP contribution is 2.25. The molecule has 3 fully saturated rings. The van der Waals surface area contributed by atoms with E-state index in [0.29, 0.717) is 18.7 Å². The standard InChI is InChI=1S/C20H29N5O2/c26-18-14-21-9-13-25(18)16-6-5-12-24(15-16)20(27)17-7-4-8-22-19(17)23-10-2-1-3-11-23/h4,7-8,16,21H,1-3,5-6,9-15H2. The fourth-order valence-corrected chi connectivity index (χ4v) is 4.49. The van der Waals surface area contributed by atoms with Crippen molar-refractivity contribution in [1.29, 1.82) is 0 Å². The largest absolute Gasteiger partial charge is 0.356 e. The van der Waals surface area contributed by atoms with Gasteiger partial charge in [0.1, 0.15) is 5.82 Å². The van der Waals surface area contributed by atoms with Gasteiger partial charge in [-0.2, -0.15) is 0 Å². The number of piperazine rings is 1. The van der Waals surface area contributed by atoms with E-state index in [1.54, 1.807) is 6.20 Å². The predicted octanol–water partition coefficient (Wildman–Crippen LogP) is 1.11. The molecule has 2 amide bonds. The van der Waals surface area contributed by atoms with Crippen LogP contribution in [0.25, 0.3) is 0 Å². The van der Waals surface area contributed by atoms with Crippen LogP contribution in [0.2, 0.25) is 0 Å². The predicted molar refractivity (Wildman–Crippen MR) is 104 cm³/mol. The van der Waals surface area contributed by atoms with Gasteiger partial charge in [0.05, 0.1) is 12.1 Å². The van der Waals surface area contributed by atoms with E-state index >= 15 is 0 Å². The first kappa shape index (κ1) is 18.2. The van der Waals surface area contributed by atoms with E-state index < -0.39 is 0 Å². The Labute approximate surface area is 160 Å². The molecule has 0 spiro atoms. The van der Waals surface area contributed by atoms with Crippen molar-refractivity contribution < 1.29 is 9.59 Å². The zero-order chi connectivity index (χ0) is 18.6. The minimum Gasteiger partial charge on any atom is -0.356 e. The molecule has 4 rings (SSSR count). The summed E-state index contributed by atoms with van der Waals surface area (Å²) in [5, 5.41) is 3.12. The van der Waals surface area contributed by atoms with Gasteiger partial charge in [0.2, 0.25) is 5.91 Å². The molecule has 1 N–H and O–H groups in total. The van der Waals surface area contributed by atoms with Gasteiger partial charge in [-0.05, 0) is 44.2 Å². The van der Waals surface area contributed by atoms with Crippen molar-refractivity contribution >= 4 is 17.6 Å². The lowest BCUT2D eigenvalue weighted by atomic mass is 10.0. The molecule has 7 nitrogen and oxygen atoms in total. The number of hydrogen-bond acceptors (Lipinski definition) is 5. The number of rotatable bonds is 3. The SMILES string of the molecule is O=C(c1cccnc1N1CCCCC1)N1CCCC(N2CCNCC2=O)C1. The number of nitrogens with zero attached hydrogens (tertiary/aromatic N) is 4. The number of amides is 2. The number of nitrogens with one attached hydrogen (secondary N) is 1. The minimum absolute atomic E-state index is 0.0518. The summed E-state index contributed by atoms with van der Waals surface area (Å²) in [6.45, 7) is 5.29. The summed E-state index contributed by atoms with van der Waals surface area (Å²) >= 11 is 0. The Hall–Kier alpha value is -2.15. The van der Waals surface area contributed by atoms with E-state index in [1.165, 1.54) is 6.42 Å². The lowest BCUT2D eigenvalue weighted by Crippen LogP contribution is -2.57. The van der Waals surface area contributed by atoms with Crippen LogP contribution in [0.3, 0.4) is 0 Å². The zero-order valence-electron chi connectivity index (χ0n) is 15.9. The van der Waals surface area contributed by atoms with Crippen LogP contribution in [0.5, 0.6) is 0 Å². The molecule has 3 aliphatic rings. The van der Waals surface area contributed by atoms with Gasteiger partial charge in [-0.1, -0.05) is 0 Å². The van der Waals surface area contributed by atoms with Crippen LogP contribution in [0.15, 0.2) is 18.3 Å². The number of piperidine rings is 2. The second kappa shape index (κ2) is 8.25. The first-order valence-electron chi connectivity index (χ1n) is 10.2. The monoisotopic (exact) mass is 371 g/mol. The molecular weight excluding hydrogens is 342 g/mol. The third-order valence-electron chi connectivity index (χ3n) is 5.92. The number of carbonyl (C=O) groups excluding carboxylic acids is 2. The Morgan fingerprint density at radius 1 is 1.11 bits per heavy atom. The summed E-state index contributed by atoms with van der Waals surface area (Å²) in [7, 11) is 0. The lowest BCUT2D eigenvalue weighted by molar-refractivity contribution is -0.135. The van der Waals surface area contributed by atoms with Crippen LogP contribution in [-0.2, 0) is 4.79 Å². The lowest BCUT2D eigenvalue weighted by Gasteiger charge is -2.41. The quantitative estimate of drug-likeness (QED) is 0.862. The minimum atomic E-state index is 0.0518. The molecule has 1 atom stereocenters. The topological polar surface area (TPSA) is 68.8 Å². The van der Waals surface area contributed by atoms with Crippen LogP contribution in [-0.4, -0.2) is 78.5 Å². The summed E-state index contributed by atoms with van der Waals surface area (Å²) in [5.74, 6) is 1.02. The molecule has 1 unspecified atom stereocenters. The molecule has 1 aromatic heterocycles. The van der Waals surface area contributed by atoms with Crippen molar-refractivity contribution in [2.45, 2.75) is 38.1 Å². The Bertz CT molecular complexity index is 689. The van der Waals surface area contributed by atoms with Crippen molar-refractivity contribution in [2.75, 3.05) is 50.7 Å². The summed E-state index contributed by atoms with van der Waals surface area (Å²) in [6.07, 6.45) is 7.24. The third-order valence-corrected chi connectivity index (χ3v) is 5.92. The highest BCUT2D eigenvalue weighted by Gasteiger charge is 2.33. The summed E-state index contributed by atoms with van der Waals surface area (Å²) in [5.41, 5.74) is 0.701. The zero-order valence-corrected chi connectivity index (χ0v) is 15.9. The number of hydrogen-bond donors (Lipinski definition) is 1. The number of pyridine rings is 1. The number of carbonyl (C=O) groups is 2. The number of likely N-dealkylation sites (tertiary alicyclic amines) is 1. The van der Waals surface area contributed by atoms with Crippen molar-refractivity contribution in [3.8, 4) is 0 Å². The Morgan fingerprint density at radius 2 is 1.96 bits per heavy atom. The molecule has 3 aliphatic heterocycles. The summed E-state index contributed by atoms with van der Waals surface area (Å²) < 4.78 is 0. The van der Waals surface area contributed by atoms with Gasteiger partial charge in [-0.25, -0.2) is 4.98 Å². The van der Waals surface area contributed by atoms with Crippen LogP contribution in [0.4, 0.5) is 5.82 Å². The first-order chi connectivity index (χ1) is 13.2. The van der Waals surface area contributed by atoms with Crippen molar-refractivity contribution in [2.24, 2.45) is 0 Å². The first-order valence-corrected chi connectivity index (χ1v) is 10.2. The van der Waals surface area contributed by atoms with Crippen LogP contribution in [0, 0.1) is 0 Å². The molecule has 4 heterocycles. The van der Waals surface area contributed by atoms with E-state index in [0.717, 1.165) is 64.2 Å².